The molecule has 0 fully saturated rings. The van der Waals surface area contributed by atoms with Gasteiger partial charge < -0.3 is 10.2 Å². The quantitative estimate of drug-likeness (QED) is 0.854. The lowest BCUT2D eigenvalue weighted by molar-refractivity contribution is 0.405. The number of aryl methyl sites for hydroxylation is 3. The highest BCUT2D eigenvalue weighted by Gasteiger charge is 2.12. The van der Waals surface area contributed by atoms with Gasteiger partial charge in [-0.1, -0.05) is 0 Å². The Hall–Kier alpha value is -1.20. The van der Waals surface area contributed by atoms with Crippen LogP contribution in [0.25, 0.3) is 10.2 Å². The number of nitrogens with one attached hydrogen (secondary N) is 1. The van der Waals surface area contributed by atoms with E-state index in [4.69, 9.17) is 0 Å². The molecule has 0 spiro atoms. The first-order chi connectivity index (χ1) is 8.99. The first kappa shape index (κ1) is 14.2. The summed E-state index contributed by atoms with van der Waals surface area (Å²) in [5.74, 6) is 1.83. The second kappa shape index (κ2) is 5.84. The number of thiophene rings is 1. The van der Waals surface area contributed by atoms with Crippen molar-refractivity contribution in [3.05, 3.63) is 16.3 Å². The van der Waals surface area contributed by atoms with E-state index in [1.165, 1.54) is 15.8 Å². The molecule has 19 heavy (non-hydrogen) atoms. The second-order valence-corrected chi connectivity index (χ2v) is 6.37. The summed E-state index contributed by atoms with van der Waals surface area (Å²) in [6.45, 7) is 8.28. The Morgan fingerprint density at radius 3 is 2.58 bits per heavy atom. The average molecular weight is 278 g/mol. The molecule has 0 radical (unpaired) electrons. The lowest BCUT2D eigenvalue weighted by atomic mass is 10.2. The maximum absolute atomic E-state index is 4.56. The first-order valence-corrected chi connectivity index (χ1v) is 7.43. The molecule has 2 aromatic heterocycles. The van der Waals surface area contributed by atoms with Crippen LogP contribution < -0.4 is 5.32 Å². The van der Waals surface area contributed by atoms with Crippen molar-refractivity contribution in [3.63, 3.8) is 0 Å². The summed E-state index contributed by atoms with van der Waals surface area (Å²) in [4.78, 5) is 13.7. The predicted molar refractivity (Wildman–Crippen MR) is 83.3 cm³/mol. The summed E-state index contributed by atoms with van der Waals surface area (Å²) in [5.41, 5.74) is 1.30. The molecule has 1 N–H and O–H groups in total. The van der Waals surface area contributed by atoms with E-state index in [2.05, 4.69) is 48.1 Å². The Balaban J connectivity index is 2.21. The number of aromatic nitrogens is 2. The van der Waals surface area contributed by atoms with Gasteiger partial charge in [0.1, 0.15) is 16.5 Å². The standard InChI is InChI=1S/C14H22N4S/c1-9-10(2)19-14-12(9)13(16-11(3)17-14)15-7-6-8-18(4)5/h6-8H2,1-5H3,(H,15,16,17). The summed E-state index contributed by atoms with van der Waals surface area (Å²) in [6.07, 6.45) is 1.11. The van der Waals surface area contributed by atoms with Crippen molar-refractivity contribution in [1.29, 1.82) is 0 Å². The third-order valence-electron chi connectivity index (χ3n) is 3.22. The van der Waals surface area contributed by atoms with Gasteiger partial charge in [0.25, 0.3) is 0 Å². The van der Waals surface area contributed by atoms with Gasteiger partial charge in [-0.15, -0.1) is 11.3 Å². The fraction of sp³-hybridized carbons (Fsp3) is 0.571. The summed E-state index contributed by atoms with van der Waals surface area (Å²) < 4.78 is 0. The maximum atomic E-state index is 4.56. The maximum Gasteiger partial charge on any atom is 0.138 e. The van der Waals surface area contributed by atoms with Gasteiger partial charge in [0.05, 0.1) is 5.39 Å². The number of hydrogen-bond acceptors (Lipinski definition) is 5. The Morgan fingerprint density at radius 2 is 1.89 bits per heavy atom. The fourth-order valence-electron chi connectivity index (χ4n) is 2.09. The third kappa shape index (κ3) is 3.22. The minimum atomic E-state index is 0.837. The van der Waals surface area contributed by atoms with Crippen molar-refractivity contribution in [2.75, 3.05) is 32.5 Å². The number of fused-ring (bicyclic) bond motifs is 1. The molecule has 4 nitrogen and oxygen atoms in total. The van der Waals surface area contributed by atoms with Gasteiger partial charge in [-0.3, -0.25) is 0 Å². The van der Waals surface area contributed by atoms with Crippen LogP contribution in [0.3, 0.4) is 0 Å². The molecule has 104 valence electrons. The molecule has 2 aromatic rings. The number of hydrogen-bond donors (Lipinski definition) is 1. The monoisotopic (exact) mass is 278 g/mol. The van der Waals surface area contributed by atoms with E-state index in [1.807, 2.05) is 6.92 Å². The van der Waals surface area contributed by atoms with E-state index < -0.39 is 0 Å². The third-order valence-corrected chi connectivity index (χ3v) is 4.32. The molecule has 0 aliphatic carbocycles. The Bertz CT molecular complexity index is 574. The van der Waals surface area contributed by atoms with Crippen molar-refractivity contribution in [2.24, 2.45) is 0 Å². The van der Waals surface area contributed by atoms with Gasteiger partial charge in [0.2, 0.25) is 0 Å². The molecule has 0 bridgehead atoms. The van der Waals surface area contributed by atoms with Crippen LogP contribution >= 0.6 is 11.3 Å². The van der Waals surface area contributed by atoms with E-state index in [9.17, 15) is 0 Å². The molecule has 0 saturated carbocycles. The fourth-order valence-corrected chi connectivity index (χ4v) is 3.16. The van der Waals surface area contributed by atoms with Gasteiger partial charge in [-0.25, -0.2) is 9.97 Å². The van der Waals surface area contributed by atoms with Crippen molar-refractivity contribution in [3.8, 4) is 0 Å². The van der Waals surface area contributed by atoms with E-state index in [-0.39, 0.29) is 0 Å². The van der Waals surface area contributed by atoms with Gasteiger partial charge in [-0.05, 0) is 53.4 Å². The number of nitrogens with zero attached hydrogens (tertiary/aromatic N) is 3. The van der Waals surface area contributed by atoms with Crippen LogP contribution in [0.15, 0.2) is 0 Å². The van der Waals surface area contributed by atoms with Crippen LogP contribution in [0.2, 0.25) is 0 Å². The van der Waals surface area contributed by atoms with Crippen molar-refractivity contribution < 1.29 is 0 Å². The highest BCUT2D eigenvalue weighted by Crippen LogP contribution is 2.33. The summed E-state index contributed by atoms with van der Waals surface area (Å²) in [5, 5.41) is 4.66. The first-order valence-electron chi connectivity index (χ1n) is 6.62. The van der Waals surface area contributed by atoms with Crippen LogP contribution in [0, 0.1) is 20.8 Å². The Morgan fingerprint density at radius 1 is 1.16 bits per heavy atom. The van der Waals surface area contributed by atoms with Crippen molar-refractivity contribution >= 4 is 27.4 Å². The SMILES string of the molecule is Cc1nc(NCCCN(C)C)c2c(C)c(C)sc2n1. The molecular weight excluding hydrogens is 256 g/mol. The van der Waals surface area contributed by atoms with E-state index in [0.29, 0.717) is 0 Å². The van der Waals surface area contributed by atoms with Crippen LogP contribution in [0.5, 0.6) is 0 Å². The normalized spacial score (nSPS) is 11.5. The summed E-state index contributed by atoms with van der Waals surface area (Å²) in [7, 11) is 4.19. The van der Waals surface area contributed by atoms with E-state index >= 15 is 0 Å². The molecule has 0 aliphatic rings. The molecule has 0 saturated heterocycles. The molecule has 0 atom stereocenters. The highest BCUT2D eigenvalue weighted by atomic mass is 32.1. The minimum absolute atomic E-state index is 0.837. The molecule has 5 heteroatoms. The average Bonchev–Trinajstić information content (AvgIpc) is 2.60. The Kier molecular flexibility index (Phi) is 4.37. The van der Waals surface area contributed by atoms with Gasteiger partial charge >= 0.3 is 0 Å². The predicted octanol–water partition coefficient (Wildman–Crippen LogP) is 2.98. The van der Waals surface area contributed by atoms with E-state index in [0.717, 1.165) is 36.0 Å². The smallest absolute Gasteiger partial charge is 0.138 e. The van der Waals surface area contributed by atoms with E-state index in [1.54, 1.807) is 11.3 Å². The summed E-state index contributed by atoms with van der Waals surface area (Å²) in [6, 6.07) is 0. The molecule has 2 heterocycles. The molecular formula is C14H22N4S. The van der Waals surface area contributed by atoms with Crippen molar-refractivity contribution in [1.82, 2.24) is 14.9 Å². The molecule has 0 aliphatic heterocycles. The molecule has 2 rings (SSSR count). The second-order valence-electron chi connectivity index (χ2n) is 5.17. The van der Waals surface area contributed by atoms with Gasteiger partial charge in [-0.2, -0.15) is 0 Å². The van der Waals surface area contributed by atoms with Crippen LogP contribution in [0.1, 0.15) is 22.7 Å². The summed E-state index contributed by atoms with van der Waals surface area (Å²) >= 11 is 1.75. The van der Waals surface area contributed by atoms with Crippen LogP contribution in [-0.2, 0) is 0 Å². The zero-order valence-corrected chi connectivity index (χ0v) is 13.2. The van der Waals surface area contributed by atoms with Crippen molar-refractivity contribution in [2.45, 2.75) is 27.2 Å². The van der Waals surface area contributed by atoms with Gasteiger partial charge in [0.15, 0.2) is 0 Å². The lowest BCUT2D eigenvalue weighted by Crippen LogP contribution is -2.16. The largest absolute Gasteiger partial charge is 0.369 e. The highest BCUT2D eigenvalue weighted by molar-refractivity contribution is 7.18. The zero-order chi connectivity index (χ0) is 14.0. The van der Waals surface area contributed by atoms with Gasteiger partial charge in [0, 0.05) is 11.4 Å². The molecule has 0 aromatic carbocycles. The number of anilines is 1. The number of rotatable bonds is 5. The zero-order valence-electron chi connectivity index (χ0n) is 12.4. The van der Waals surface area contributed by atoms with Crippen LogP contribution in [-0.4, -0.2) is 42.1 Å². The van der Waals surface area contributed by atoms with Crippen LogP contribution in [0.4, 0.5) is 5.82 Å². The topological polar surface area (TPSA) is 41.1 Å². The Labute approximate surface area is 118 Å². The minimum Gasteiger partial charge on any atom is -0.369 e. The lowest BCUT2D eigenvalue weighted by Gasteiger charge is -2.11. The molecule has 0 amide bonds. The molecule has 0 unspecified atom stereocenters.